The van der Waals surface area contributed by atoms with Crippen LogP contribution in [0.3, 0.4) is 0 Å². The summed E-state index contributed by atoms with van der Waals surface area (Å²) in [6.07, 6.45) is 4.78. The molecule has 1 aromatic heterocycles. The van der Waals surface area contributed by atoms with Crippen LogP contribution in [-0.2, 0) is 4.74 Å². The van der Waals surface area contributed by atoms with Crippen molar-refractivity contribution in [3.63, 3.8) is 0 Å². The first-order valence-corrected chi connectivity index (χ1v) is 4.95. The molecular formula is C12H11N3O2. The predicted molar refractivity (Wildman–Crippen MR) is 63.2 cm³/mol. The SMILES string of the molecule is COC(=O)c1cc(-c2cncnc2)ccc1N. The topological polar surface area (TPSA) is 78.1 Å². The Kier molecular flexibility index (Phi) is 3.00. The van der Waals surface area contributed by atoms with Gasteiger partial charge >= 0.3 is 5.97 Å². The van der Waals surface area contributed by atoms with Gasteiger partial charge in [-0.2, -0.15) is 0 Å². The van der Waals surface area contributed by atoms with E-state index in [0.717, 1.165) is 11.1 Å². The summed E-state index contributed by atoms with van der Waals surface area (Å²) in [5, 5.41) is 0. The summed E-state index contributed by atoms with van der Waals surface area (Å²) >= 11 is 0. The maximum atomic E-state index is 11.5. The van der Waals surface area contributed by atoms with E-state index in [1.165, 1.54) is 13.4 Å². The minimum absolute atomic E-state index is 0.342. The van der Waals surface area contributed by atoms with E-state index < -0.39 is 5.97 Å². The fraction of sp³-hybridized carbons (Fsp3) is 0.0833. The van der Waals surface area contributed by atoms with Crippen molar-refractivity contribution < 1.29 is 9.53 Å². The van der Waals surface area contributed by atoms with Crippen LogP contribution in [-0.4, -0.2) is 23.0 Å². The van der Waals surface area contributed by atoms with E-state index in [1.54, 1.807) is 30.6 Å². The second-order valence-electron chi connectivity index (χ2n) is 3.42. The van der Waals surface area contributed by atoms with Gasteiger partial charge in [-0.1, -0.05) is 6.07 Å². The van der Waals surface area contributed by atoms with E-state index in [2.05, 4.69) is 14.7 Å². The Balaban J connectivity index is 2.48. The highest BCUT2D eigenvalue weighted by Crippen LogP contribution is 2.23. The van der Waals surface area contributed by atoms with Crippen LogP contribution in [0.25, 0.3) is 11.1 Å². The van der Waals surface area contributed by atoms with Gasteiger partial charge in [-0.05, 0) is 17.7 Å². The average Bonchev–Trinajstić information content (AvgIpc) is 2.39. The molecule has 0 saturated carbocycles. The molecule has 17 heavy (non-hydrogen) atoms. The molecule has 2 aromatic rings. The zero-order chi connectivity index (χ0) is 12.3. The number of carbonyl (C=O) groups is 1. The number of aromatic nitrogens is 2. The summed E-state index contributed by atoms with van der Waals surface area (Å²) in [5.41, 5.74) is 8.08. The number of methoxy groups -OCH3 is 1. The first-order chi connectivity index (χ1) is 8.22. The first-order valence-electron chi connectivity index (χ1n) is 4.95. The van der Waals surface area contributed by atoms with Gasteiger partial charge in [-0.25, -0.2) is 14.8 Å². The average molecular weight is 229 g/mol. The van der Waals surface area contributed by atoms with Gasteiger partial charge in [0.1, 0.15) is 6.33 Å². The molecule has 5 heteroatoms. The third-order valence-corrected chi connectivity index (χ3v) is 2.35. The Labute approximate surface area is 98.3 Å². The number of anilines is 1. The van der Waals surface area contributed by atoms with E-state index in [9.17, 15) is 4.79 Å². The Hall–Kier alpha value is -2.43. The molecule has 1 aromatic carbocycles. The number of hydrogen-bond acceptors (Lipinski definition) is 5. The molecule has 86 valence electrons. The van der Waals surface area contributed by atoms with E-state index >= 15 is 0 Å². The molecule has 2 N–H and O–H groups in total. The molecule has 0 aliphatic rings. The molecule has 0 atom stereocenters. The molecule has 0 bridgehead atoms. The zero-order valence-corrected chi connectivity index (χ0v) is 9.25. The molecule has 2 rings (SSSR count). The number of esters is 1. The summed E-state index contributed by atoms with van der Waals surface area (Å²) in [4.78, 5) is 19.3. The lowest BCUT2D eigenvalue weighted by Gasteiger charge is -2.06. The molecule has 0 fully saturated rings. The van der Waals surface area contributed by atoms with Gasteiger partial charge < -0.3 is 10.5 Å². The molecular weight excluding hydrogens is 218 g/mol. The Morgan fingerprint density at radius 2 is 1.94 bits per heavy atom. The number of hydrogen-bond donors (Lipinski definition) is 1. The second-order valence-corrected chi connectivity index (χ2v) is 3.42. The first kappa shape index (κ1) is 11.1. The monoisotopic (exact) mass is 229 g/mol. The van der Waals surface area contributed by atoms with E-state index in [4.69, 9.17) is 5.73 Å². The number of nitrogen functional groups attached to an aromatic ring is 1. The smallest absolute Gasteiger partial charge is 0.339 e. The third-order valence-electron chi connectivity index (χ3n) is 2.35. The normalized spacial score (nSPS) is 9.94. The lowest BCUT2D eigenvalue weighted by atomic mass is 10.0. The minimum atomic E-state index is -0.457. The van der Waals surface area contributed by atoms with Crippen LogP contribution in [0.2, 0.25) is 0 Å². The molecule has 0 aliphatic carbocycles. The van der Waals surface area contributed by atoms with Crippen LogP contribution < -0.4 is 5.73 Å². The van der Waals surface area contributed by atoms with Crippen molar-refractivity contribution in [1.29, 1.82) is 0 Å². The van der Waals surface area contributed by atoms with Gasteiger partial charge in [0.2, 0.25) is 0 Å². The summed E-state index contributed by atoms with van der Waals surface area (Å²) < 4.78 is 4.66. The summed E-state index contributed by atoms with van der Waals surface area (Å²) in [6, 6.07) is 5.13. The van der Waals surface area contributed by atoms with E-state index in [-0.39, 0.29) is 0 Å². The largest absolute Gasteiger partial charge is 0.465 e. The lowest BCUT2D eigenvalue weighted by molar-refractivity contribution is 0.0602. The van der Waals surface area contributed by atoms with Gasteiger partial charge in [0.05, 0.1) is 12.7 Å². The molecule has 0 saturated heterocycles. The quantitative estimate of drug-likeness (QED) is 0.623. The molecule has 0 aliphatic heterocycles. The molecule has 0 spiro atoms. The van der Waals surface area contributed by atoms with Crippen molar-refractivity contribution in [3.05, 3.63) is 42.5 Å². The van der Waals surface area contributed by atoms with Gasteiger partial charge in [-0.15, -0.1) is 0 Å². The fourth-order valence-electron chi connectivity index (χ4n) is 1.47. The number of rotatable bonds is 2. The number of carbonyl (C=O) groups excluding carboxylic acids is 1. The Bertz CT molecular complexity index is 541. The molecule has 0 amide bonds. The maximum Gasteiger partial charge on any atom is 0.339 e. The number of benzene rings is 1. The van der Waals surface area contributed by atoms with Crippen LogP contribution in [0, 0.1) is 0 Å². The third kappa shape index (κ3) is 2.23. The van der Waals surface area contributed by atoms with E-state index in [0.29, 0.717) is 11.3 Å². The number of nitrogens with zero attached hydrogens (tertiary/aromatic N) is 2. The predicted octanol–water partition coefficient (Wildman–Crippen LogP) is 1.51. The standard InChI is InChI=1S/C12H11N3O2/c1-17-12(16)10-4-8(2-3-11(10)13)9-5-14-7-15-6-9/h2-7H,13H2,1H3. The highest BCUT2D eigenvalue weighted by atomic mass is 16.5. The number of ether oxygens (including phenoxy) is 1. The van der Waals surface area contributed by atoms with Gasteiger partial charge in [0.15, 0.2) is 0 Å². The Morgan fingerprint density at radius 3 is 2.59 bits per heavy atom. The van der Waals surface area contributed by atoms with Crippen molar-refractivity contribution in [2.75, 3.05) is 12.8 Å². The number of nitrogens with two attached hydrogens (primary N) is 1. The highest BCUT2D eigenvalue weighted by molar-refractivity contribution is 5.96. The fourth-order valence-corrected chi connectivity index (χ4v) is 1.47. The van der Waals surface area contributed by atoms with Crippen molar-refractivity contribution in [1.82, 2.24) is 9.97 Å². The van der Waals surface area contributed by atoms with Gasteiger partial charge in [0.25, 0.3) is 0 Å². The van der Waals surface area contributed by atoms with Crippen LogP contribution in [0.5, 0.6) is 0 Å². The van der Waals surface area contributed by atoms with E-state index in [1.807, 2.05) is 0 Å². The molecule has 0 radical (unpaired) electrons. The van der Waals surface area contributed by atoms with Gasteiger partial charge in [-0.3, -0.25) is 0 Å². The van der Waals surface area contributed by atoms with Crippen LogP contribution in [0.4, 0.5) is 5.69 Å². The van der Waals surface area contributed by atoms with Crippen molar-refractivity contribution in [2.24, 2.45) is 0 Å². The lowest BCUT2D eigenvalue weighted by Crippen LogP contribution is -2.05. The van der Waals surface area contributed by atoms with Crippen LogP contribution >= 0.6 is 0 Å². The molecule has 1 heterocycles. The molecule has 0 unspecified atom stereocenters. The van der Waals surface area contributed by atoms with Crippen LogP contribution in [0.1, 0.15) is 10.4 Å². The zero-order valence-electron chi connectivity index (χ0n) is 9.25. The van der Waals surface area contributed by atoms with Crippen molar-refractivity contribution in [3.8, 4) is 11.1 Å². The highest BCUT2D eigenvalue weighted by Gasteiger charge is 2.11. The summed E-state index contributed by atoms with van der Waals surface area (Å²) in [7, 11) is 1.32. The maximum absolute atomic E-state index is 11.5. The second kappa shape index (κ2) is 4.61. The minimum Gasteiger partial charge on any atom is -0.465 e. The van der Waals surface area contributed by atoms with Crippen molar-refractivity contribution >= 4 is 11.7 Å². The summed E-state index contributed by atoms with van der Waals surface area (Å²) in [6.45, 7) is 0. The van der Waals surface area contributed by atoms with Crippen molar-refractivity contribution in [2.45, 2.75) is 0 Å². The summed E-state index contributed by atoms with van der Waals surface area (Å²) in [5.74, 6) is -0.457. The molecule has 5 nitrogen and oxygen atoms in total. The van der Waals surface area contributed by atoms with Gasteiger partial charge in [0, 0.05) is 23.6 Å². The Morgan fingerprint density at radius 1 is 1.24 bits per heavy atom. The van der Waals surface area contributed by atoms with Crippen LogP contribution in [0.15, 0.2) is 36.9 Å².